The molecule has 0 heterocycles. The highest BCUT2D eigenvalue weighted by molar-refractivity contribution is 5.81. The summed E-state index contributed by atoms with van der Waals surface area (Å²) >= 11 is 0. The van der Waals surface area contributed by atoms with Crippen LogP contribution in [0, 0.1) is 0 Å². The summed E-state index contributed by atoms with van der Waals surface area (Å²) in [4.78, 5) is 23.7. The van der Waals surface area contributed by atoms with Crippen LogP contribution in [0.2, 0.25) is 0 Å². The molecule has 0 aliphatic rings. The Balaban J connectivity index is 2.17. The zero-order valence-electron chi connectivity index (χ0n) is 11.7. The Kier molecular flexibility index (Phi) is 7.35. The lowest BCUT2D eigenvalue weighted by Gasteiger charge is -2.18. The number of carbonyl (C=O) groups excluding carboxylic acids is 1. The molecule has 0 fully saturated rings. The van der Waals surface area contributed by atoms with E-state index in [-0.39, 0.29) is 12.5 Å². The van der Waals surface area contributed by atoms with Gasteiger partial charge in [0.1, 0.15) is 6.54 Å². The van der Waals surface area contributed by atoms with E-state index in [0.717, 1.165) is 5.56 Å². The molecule has 5 heteroatoms. The van der Waals surface area contributed by atoms with Crippen LogP contribution >= 0.6 is 0 Å². The average molecular weight is 279 g/mol. The molecule has 0 atom stereocenters. The number of hydrogen-bond donors (Lipinski definition) is 1. The number of amides is 1. The number of carboxylic acids is 1. The second kappa shape index (κ2) is 9.09. The molecule has 0 aliphatic heterocycles. The Morgan fingerprint density at radius 2 is 1.95 bits per heavy atom. The fourth-order valence-corrected chi connectivity index (χ4v) is 1.79. The average Bonchev–Trinajstić information content (AvgIpc) is 2.45. The van der Waals surface area contributed by atoms with Crippen LogP contribution in [0.1, 0.15) is 25.3 Å². The van der Waals surface area contributed by atoms with Crippen molar-refractivity contribution in [1.82, 2.24) is 4.90 Å². The van der Waals surface area contributed by atoms with E-state index in [2.05, 4.69) is 0 Å². The van der Waals surface area contributed by atoms with Crippen molar-refractivity contribution in [2.24, 2.45) is 0 Å². The Labute approximate surface area is 119 Å². The molecule has 1 aromatic rings. The molecule has 0 unspecified atom stereocenters. The SMILES string of the molecule is CCN(CC(=O)O)C(=O)CCCOCc1ccccc1. The Morgan fingerprint density at radius 3 is 2.55 bits per heavy atom. The van der Waals surface area contributed by atoms with Crippen molar-refractivity contribution in [3.63, 3.8) is 0 Å². The van der Waals surface area contributed by atoms with Gasteiger partial charge in [-0.2, -0.15) is 0 Å². The first-order valence-electron chi connectivity index (χ1n) is 6.74. The van der Waals surface area contributed by atoms with Crippen molar-refractivity contribution in [2.75, 3.05) is 19.7 Å². The first-order chi connectivity index (χ1) is 9.63. The summed E-state index contributed by atoms with van der Waals surface area (Å²) < 4.78 is 5.48. The van der Waals surface area contributed by atoms with Crippen LogP contribution in [0.3, 0.4) is 0 Å². The van der Waals surface area contributed by atoms with Gasteiger partial charge in [0.15, 0.2) is 0 Å². The van der Waals surface area contributed by atoms with Gasteiger partial charge in [-0.25, -0.2) is 0 Å². The van der Waals surface area contributed by atoms with E-state index in [9.17, 15) is 9.59 Å². The minimum atomic E-state index is -0.986. The molecule has 0 radical (unpaired) electrons. The number of carboxylic acid groups (broad SMARTS) is 1. The Morgan fingerprint density at radius 1 is 1.25 bits per heavy atom. The predicted molar refractivity (Wildman–Crippen MR) is 75.2 cm³/mol. The predicted octanol–water partition coefficient (Wildman–Crippen LogP) is 1.92. The maximum atomic E-state index is 11.7. The molecular formula is C15H21NO4. The van der Waals surface area contributed by atoms with Crippen molar-refractivity contribution in [1.29, 1.82) is 0 Å². The van der Waals surface area contributed by atoms with E-state index < -0.39 is 5.97 Å². The smallest absolute Gasteiger partial charge is 0.323 e. The monoisotopic (exact) mass is 279 g/mol. The van der Waals surface area contributed by atoms with Gasteiger partial charge < -0.3 is 14.7 Å². The van der Waals surface area contributed by atoms with Crippen molar-refractivity contribution < 1.29 is 19.4 Å². The number of carbonyl (C=O) groups is 2. The quantitative estimate of drug-likeness (QED) is 0.701. The molecule has 0 aliphatic carbocycles. The van der Waals surface area contributed by atoms with Crippen LogP contribution in [0.25, 0.3) is 0 Å². The van der Waals surface area contributed by atoms with E-state index in [1.54, 1.807) is 6.92 Å². The lowest BCUT2D eigenvalue weighted by Crippen LogP contribution is -2.35. The maximum Gasteiger partial charge on any atom is 0.323 e. The van der Waals surface area contributed by atoms with Gasteiger partial charge >= 0.3 is 5.97 Å². The van der Waals surface area contributed by atoms with Crippen LogP contribution in [-0.2, 0) is 20.9 Å². The zero-order valence-corrected chi connectivity index (χ0v) is 11.7. The molecule has 0 saturated carbocycles. The number of rotatable bonds is 9. The fourth-order valence-electron chi connectivity index (χ4n) is 1.79. The summed E-state index contributed by atoms with van der Waals surface area (Å²) in [5.74, 6) is -1.13. The summed E-state index contributed by atoms with van der Waals surface area (Å²) in [7, 11) is 0. The van der Waals surface area contributed by atoms with Gasteiger partial charge in [0, 0.05) is 19.6 Å². The lowest BCUT2D eigenvalue weighted by atomic mass is 10.2. The summed E-state index contributed by atoms with van der Waals surface area (Å²) in [6, 6.07) is 9.82. The van der Waals surface area contributed by atoms with Crippen LogP contribution in [0.4, 0.5) is 0 Å². The van der Waals surface area contributed by atoms with E-state index in [4.69, 9.17) is 9.84 Å². The molecule has 0 spiro atoms. The van der Waals surface area contributed by atoms with Gasteiger partial charge in [-0.3, -0.25) is 9.59 Å². The topological polar surface area (TPSA) is 66.8 Å². The third kappa shape index (κ3) is 6.33. The van der Waals surface area contributed by atoms with Crippen molar-refractivity contribution >= 4 is 11.9 Å². The van der Waals surface area contributed by atoms with E-state index >= 15 is 0 Å². The molecule has 110 valence electrons. The van der Waals surface area contributed by atoms with Gasteiger partial charge in [-0.05, 0) is 18.9 Å². The van der Waals surface area contributed by atoms with E-state index in [0.29, 0.717) is 32.6 Å². The van der Waals surface area contributed by atoms with Crippen LogP contribution in [0.15, 0.2) is 30.3 Å². The van der Waals surface area contributed by atoms with Crippen LogP contribution in [-0.4, -0.2) is 41.6 Å². The van der Waals surface area contributed by atoms with Gasteiger partial charge in [-0.1, -0.05) is 30.3 Å². The standard InChI is InChI=1S/C15H21NO4/c1-2-16(11-15(18)19)14(17)9-6-10-20-12-13-7-4-3-5-8-13/h3-5,7-8H,2,6,9-12H2,1H3,(H,18,19). The third-order valence-corrected chi connectivity index (χ3v) is 2.85. The van der Waals surface area contributed by atoms with Gasteiger partial charge in [0.25, 0.3) is 0 Å². The molecule has 1 amide bonds. The highest BCUT2D eigenvalue weighted by Crippen LogP contribution is 2.03. The number of hydrogen-bond acceptors (Lipinski definition) is 3. The molecule has 20 heavy (non-hydrogen) atoms. The van der Waals surface area contributed by atoms with E-state index in [1.807, 2.05) is 30.3 Å². The molecule has 5 nitrogen and oxygen atoms in total. The summed E-state index contributed by atoms with van der Waals surface area (Å²) in [5.41, 5.74) is 1.10. The van der Waals surface area contributed by atoms with Gasteiger partial charge in [0.05, 0.1) is 6.61 Å². The number of nitrogens with zero attached hydrogens (tertiary/aromatic N) is 1. The van der Waals surface area contributed by atoms with Crippen LogP contribution < -0.4 is 0 Å². The zero-order chi connectivity index (χ0) is 14.8. The maximum absolute atomic E-state index is 11.7. The second-order valence-electron chi connectivity index (χ2n) is 4.44. The Hall–Kier alpha value is -1.88. The number of likely N-dealkylation sites (N-methyl/N-ethyl adjacent to an activating group) is 1. The summed E-state index contributed by atoms with van der Waals surface area (Å²) in [6.45, 7) is 2.97. The second-order valence-corrected chi connectivity index (χ2v) is 4.44. The minimum absolute atomic E-state index is 0.141. The summed E-state index contributed by atoms with van der Waals surface area (Å²) in [5, 5.41) is 8.68. The van der Waals surface area contributed by atoms with Crippen molar-refractivity contribution in [3.8, 4) is 0 Å². The molecule has 0 aromatic heterocycles. The lowest BCUT2D eigenvalue weighted by molar-refractivity contribution is -0.144. The van der Waals surface area contributed by atoms with Crippen molar-refractivity contribution in [2.45, 2.75) is 26.4 Å². The molecule has 1 aromatic carbocycles. The molecule has 0 bridgehead atoms. The van der Waals surface area contributed by atoms with E-state index in [1.165, 1.54) is 4.90 Å². The largest absolute Gasteiger partial charge is 0.480 e. The highest BCUT2D eigenvalue weighted by atomic mass is 16.5. The Bertz CT molecular complexity index is 419. The number of benzene rings is 1. The van der Waals surface area contributed by atoms with Gasteiger partial charge in [0.2, 0.25) is 5.91 Å². The first kappa shape index (κ1) is 16.2. The number of aliphatic carboxylic acids is 1. The fraction of sp³-hybridized carbons (Fsp3) is 0.467. The highest BCUT2D eigenvalue weighted by Gasteiger charge is 2.13. The summed E-state index contributed by atoms with van der Waals surface area (Å²) in [6.07, 6.45) is 0.914. The normalized spacial score (nSPS) is 10.2. The molecule has 1 rings (SSSR count). The first-order valence-corrected chi connectivity index (χ1v) is 6.74. The molecule has 0 saturated heterocycles. The van der Waals surface area contributed by atoms with Gasteiger partial charge in [-0.15, -0.1) is 0 Å². The minimum Gasteiger partial charge on any atom is -0.480 e. The number of ether oxygens (including phenoxy) is 1. The molecule has 1 N–H and O–H groups in total. The third-order valence-electron chi connectivity index (χ3n) is 2.85. The van der Waals surface area contributed by atoms with Crippen LogP contribution in [0.5, 0.6) is 0 Å². The molecular weight excluding hydrogens is 258 g/mol. The van der Waals surface area contributed by atoms with Crippen molar-refractivity contribution in [3.05, 3.63) is 35.9 Å².